The van der Waals surface area contributed by atoms with Gasteiger partial charge >= 0.3 is 0 Å². The predicted octanol–water partition coefficient (Wildman–Crippen LogP) is 4.09. The number of aromatic amines is 1. The number of fused-ring (bicyclic) bond motifs is 2. The van der Waals surface area contributed by atoms with E-state index in [1.54, 1.807) is 43.5 Å². The van der Waals surface area contributed by atoms with Gasteiger partial charge in [-0.25, -0.2) is 0 Å². The van der Waals surface area contributed by atoms with Crippen LogP contribution < -0.4 is 29.8 Å². The molecule has 1 aliphatic rings. The lowest BCUT2D eigenvalue weighted by atomic mass is 10.1. The van der Waals surface area contributed by atoms with Gasteiger partial charge in [-0.15, -0.1) is 0 Å². The fraction of sp³-hybridized carbons (Fsp3) is 0.304. The van der Waals surface area contributed by atoms with Crippen molar-refractivity contribution in [3.05, 3.63) is 52.3 Å². The highest BCUT2D eigenvalue weighted by atomic mass is 16.7. The van der Waals surface area contributed by atoms with Gasteiger partial charge < -0.3 is 29.2 Å². The number of anilines is 1. The summed E-state index contributed by atoms with van der Waals surface area (Å²) in [6.07, 6.45) is 3.03. The second-order valence-corrected chi connectivity index (χ2v) is 7.15. The summed E-state index contributed by atoms with van der Waals surface area (Å²) in [7, 11) is 1.55. The molecule has 1 aliphatic heterocycles. The number of amides is 1. The third-order valence-electron chi connectivity index (χ3n) is 5.03. The summed E-state index contributed by atoms with van der Waals surface area (Å²) in [6, 6.07) is 10.1. The van der Waals surface area contributed by atoms with Gasteiger partial charge in [0, 0.05) is 17.1 Å². The standard InChI is InChI=1S/C23H24N2O6/c1-3-4-5-10-29-21-18(28-2)8-6-14-11-16(23(27)25-20(14)21)22(26)24-15-7-9-17-19(12-15)31-13-30-17/h6-9,11-12H,3-5,10,13H2,1-2H3,(H,24,26)(H,25,27). The topological polar surface area (TPSA) is 98.9 Å². The Hall–Kier alpha value is -3.68. The van der Waals surface area contributed by atoms with Crippen LogP contribution >= 0.6 is 0 Å². The number of nitrogens with one attached hydrogen (secondary N) is 2. The Labute approximate surface area is 179 Å². The van der Waals surface area contributed by atoms with Crippen molar-refractivity contribution in [3.8, 4) is 23.0 Å². The lowest BCUT2D eigenvalue weighted by Crippen LogP contribution is -2.23. The molecule has 8 heteroatoms. The smallest absolute Gasteiger partial charge is 0.261 e. The summed E-state index contributed by atoms with van der Waals surface area (Å²) in [5.41, 5.74) is 0.480. The maximum Gasteiger partial charge on any atom is 0.261 e. The summed E-state index contributed by atoms with van der Waals surface area (Å²) in [6.45, 7) is 2.77. The third-order valence-corrected chi connectivity index (χ3v) is 5.03. The number of methoxy groups -OCH3 is 1. The van der Waals surface area contributed by atoms with E-state index in [1.807, 2.05) is 0 Å². The van der Waals surface area contributed by atoms with Crippen LogP contribution in [0.3, 0.4) is 0 Å². The number of benzene rings is 2. The third kappa shape index (κ3) is 4.28. The van der Waals surface area contributed by atoms with Crippen molar-refractivity contribution >= 4 is 22.5 Å². The first kappa shape index (κ1) is 20.6. The zero-order valence-corrected chi connectivity index (χ0v) is 17.4. The first-order valence-corrected chi connectivity index (χ1v) is 10.2. The second-order valence-electron chi connectivity index (χ2n) is 7.15. The molecule has 0 atom stereocenters. The monoisotopic (exact) mass is 424 g/mol. The lowest BCUT2D eigenvalue weighted by molar-refractivity contribution is 0.102. The van der Waals surface area contributed by atoms with Gasteiger partial charge in [-0.2, -0.15) is 0 Å². The molecule has 1 amide bonds. The van der Waals surface area contributed by atoms with Crippen molar-refractivity contribution in [2.45, 2.75) is 26.2 Å². The highest BCUT2D eigenvalue weighted by Gasteiger charge is 2.18. The van der Waals surface area contributed by atoms with Gasteiger partial charge in [-0.1, -0.05) is 19.8 Å². The average molecular weight is 424 g/mol. The molecule has 0 saturated heterocycles. The number of carbonyl (C=O) groups excluding carboxylic acids is 1. The minimum atomic E-state index is -0.525. The van der Waals surface area contributed by atoms with Crippen molar-refractivity contribution in [1.82, 2.24) is 4.98 Å². The Morgan fingerprint density at radius 2 is 1.97 bits per heavy atom. The highest BCUT2D eigenvalue weighted by Crippen LogP contribution is 2.35. The summed E-state index contributed by atoms with van der Waals surface area (Å²) in [4.78, 5) is 28.3. The Bertz CT molecular complexity index is 1170. The Balaban J connectivity index is 1.62. The molecule has 2 N–H and O–H groups in total. The quantitative estimate of drug-likeness (QED) is 0.529. The minimum absolute atomic E-state index is 0.00716. The molecule has 0 spiro atoms. The Morgan fingerprint density at radius 3 is 2.77 bits per heavy atom. The zero-order valence-electron chi connectivity index (χ0n) is 17.4. The zero-order chi connectivity index (χ0) is 21.8. The largest absolute Gasteiger partial charge is 0.493 e. The molecule has 0 radical (unpaired) electrons. The van der Waals surface area contributed by atoms with Crippen LogP contribution in [0.4, 0.5) is 5.69 Å². The molecule has 8 nitrogen and oxygen atoms in total. The molecule has 4 rings (SSSR count). The summed E-state index contributed by atoms with van der Waals surface area (Å²) < 4.78 is 21.9. The number of hydrogen-bond donors (Lipinski definition) is 2. The summed E-state index contributed by atoms with van der Waals surface area (Å²) in [5.74, 6) is 1.63. The number of ether oxygens (including phenoxy) is 4. The van der Waals surface area contributed by atoms with E-state index in [-0.39, 0.29) is 12.4 Å². The van der Waals surface area contributed by atoms with Crippen molar-refractivity contribution in [1.29, 1.82) is 0 Å². The van der Waals surface area contributed by atoms with Gasteiger partial charge in [0.15, 0.2) is 23.0 Å². The van der Waals surface area contributed by atoms with Crippen molar-refractivity contribution in [2.24, 2.45) is 0 Å². The van der Waals surface area contributed by atoms with Gasteiger partial charge in [0.2, 0.25) is 6.79 Å². The molecule has 31 heavy (non-hydrogen) atoms. The molecular weight excluding hydrogens is 400 g/mol. The van der Waals surface area contributed by atoms with E-state index in [2.05, 4.69) is 17.2 Å². The van der Waals surface area contributed by atoms with E-state index in [4.69, 9.17) is 18.9 Å². The van der Waals surface area contributed by atoms with E-state index >= 15 is 0 Å². The van der Waals surface area contributed by atoms with Crippen LogP contribution in [0.1, 0.15) is 36.5 Å². The SMILES string of the molecule is CCCCCOc1c(OC)ccc2cc(C(=O)Nc3ccc4c(c3)OCO4)c(=O)[nH]c12. The number of pyridine rings is 1. The lowest BCUT2D eigenvalue weighted by Gasteiger charge is -2.14. The number of carbonyl (C=O) groups is 1. The normalized spacial score (nSPS) is 12.1. The molecule has 0 unspecified atom stereocenters. The first-order valence-electron chi connectivity index (χ1n) is 10.2. The maximum atomic E-state index is 12.8. The second kappa shape index (κ2) is 8.99. The number of aromatic nitrogens is 1. The van der Waals surface area contributed by atoms with Gasteiger partial charge in [0.25, 0.3) is 11.5 Å². The van der Waals surface area contributed by atoms with Crippen molar-refractivity contribution < 1.29 is 23.7 Å². The minimum Gasteiger partial charge on any atom is -0.493 e. The van der Waals surface area contributed by atoms with Crippen LogP contribution in [0.2, 0.25) is 0 Å². The van der Waals surface area contributed by atoms with Crippen LogP contribution in [0.15, 0.2) is 41.2 Å². The number of rotatable bonds is 8. The van der Waals surface area contributed by atoms with Crippen LogP contribution in [0.5, 0.6) is 23.0 Å². The van der Waals surface area contributed by atoms with Gasteiger partial charge in [-0.3, -0.25) is 9.59 Å². The average Bonchev–Trinajstić information content (AvgIpc) is 3.24. The Morgan fingerprint density at radius 1 is 1.13 bits per heavy atom. The van der Waals surface area contributed by atoms with Gasteiger partial charge in [0.05, 0.1) is 19.2 Å². The Kier molecular flexibility index (Phi) is 5.97. The number of hydrogen-bond acceptors (Lipinski definition) is 6. The molecule has 0 bridgehead atoms. The van der Waals surface area contributed by atoms with E-state index in [0.717, 1.165) is 19.3 Å². The maximum absolute atomic E-state index is 12.8. The summed E-state index contributed by atoms with van der Waals surface area (Å²) in [5, 5.41) is 3.40. The van der Waals surface area contributed by atoms with Crippen LogP contribution in [0.25, 0.3) is 10.9 Å². The van der Waals surface area contributed by atoms with E-state index in [9.17, 15) is 9.59 Å². The van der Waals surface area contributed by atoms with E-state index in [0.29, 0.717) is 46.2 Å². The molecule has 2 heterocycles. The predicted molar refractivity (Wildman–Crippen MR) is 117 cm³/mol. The first-order chi connectivity index (χ1) is 15.1. The fourth-order valence-electron chi connectivity index (χ4n) is 3.40. The number of H-pyrrole nitrogens is 1. The fourth-order valence-corrected chi connectivity index (χ4v) is 3.40. The molecule has 1 aromatic heterocycles. The van der Waals surface area contributed by atoms with Crippen LogP contribution in [-0.2, 0) is 0 Å². The molecule has 0 aliphatic carbocycles. The van der Waals surface area contributed by atoms with Crippen LogP contribution in [0, 0.1) is 0 Å². The molecule has 0 fully saturated rings. The van der Waals surface area contributed by atoms with E-state index in [1.165, 1.54) is 0 Å². The molecular formula is C23H24N2O6. The molecule has 0 saturated carbocycles. The molecule has 2 aromatic carbocycles. The van der Waals surface area contributed by atoms with Crippen molar-refractivity contribution in [3.63, 3.8) is 0 Å². The highest BCUT2D eigenvalue weighted by molar-refractivity contribution is 6.06. The number of unbranched alkanes of at least 4 members (excludes halogenated alkanes) is 2. The van der Waals surface area contributed by atoms with Gasteiger partial charge in [-0.05, 0) is 36.8 Å². The van der Waals surface area contributed by atoms with Crippen molar-refractivity contribution in [2.75, 3.05) is 25.8 Å². The molecule has 3 aromatic rings. The molecule has 162 valence electrons. The summed E-state index contributed by atoms with van der Waals surface area (Å²) >= 11 is 0. The van der Waals surface area contributed by atoms with Crippen LogP contribution in [-0.4, -0.2) is 31.4 Å². The van der Waals surface area contributed by atoms with E-state index < -0.39 is 11.5 Å². The van der Waals surface area contributed by atoms with Gasteiger partial charge in [0.1, 0.15) is 5.56 Å².